The molecule has 5 heteroatoms. The largest absolute Gasteiger partial charge is 0.394 e. The second-order valence-electron chi connectivity index (χ2n) is 3.22. The van der Waals surface area contributed by atoms with Gasteiger partial charge in [0.1, 0.15) is 5.03 Å². The zero-order chi connectivity index (χ0) is 11.3. The number of hydrogen-bond acceptors (Lipinski definition) is 5. The van der Waals surface area contributed by atoms with Crippen molar-refractivity contribution < 1.29 is 15.3 Å². The molecular formula is C10H15NO3S. The highest BCUT2D eigenvalue weighted by molar-refractivity contribution is 7.99. The first-order valence-electron chi connectivity index (χ1n) is 4.70. The lowest BCUT2D eigenvalue weighted by atomic mass is 10.2. The molecule has 0 radical (unpaired) electrons. The van der Waals surface area contributed by atoms with Gasteiger partial charge in [0.15, 0.2) is 0 Å². The van der Waals surface area contributed by atoms with Crippen molar-refractivity contribution >= 4 is 11.8 Å². The molecule has 0 spiro atoms. The molecule has 15 heavy (non-hydrogen) atoms. The van der Waals surface area contributed by atoms with Gasteiger partial charge in [-0.15, -0.1) is 11.8 Å². The van der Waals surface area contributed by atoms with E-state index < -0.39 is 12.2 Å². The van der Waals surface area contributed by atoms with Gasteiger partial charge in [0.25, 0.3) is 0 Å². The smallest absolute Gasteiger partial charge is 0.102 e. The Morgan fingerprint density at radius 2 is 2.20 bits per heavy atom. The Bertz CT molecular complexity index is 306. The van der Waals surface area contributed by atoms with Crippen molar-refractivity contribution in [1.29, 1.82) is 0 Å². The molecule has 0 aliphatic carbocycles. The summed E-state index contributed by atoms with van der Waals surface area (Å²) in [5.74, 6) is 0.368. The summed E-state index contributed by atoms with van der Waals surface area (Å²) in [5, 5.41) is 28.0. The van der Waals surface area contributed by atoms with Crippen LogP contribution in [0.4, 0.5) is 0 Å². The molecule has 4 nitrogen and oxygen atoms in total. The Hall–Kier alpha value is -0.620. The van der Waals surface area contributed by atoms with E-state index in [0.717, 1.165) is 5.56 Å². The number of rotatable bonds is 5. The van der Waals surface area contributed by atoms with Crippen LogP contribution in [0.25, 0.3) is 0 Å². The summed E-state index contributed by atoms with van der Waals surface area (Å²) in [7, 11) is 0. The predicted octanol–water partition coefficient (Wildman–Crippen LogP) is 0.580. The summed E-state index contributed by atoms with van der Waals surface area (Å²) in [6.45, 7) is 1.41. The van der Waals surface area contributed by atoms with Crippen LogP contribution in [0.2, 0.25) is 0 Å². The average molecular weight is 229 g/mol. The van der Waals surface area contributed by atoms with Crippen LogP contribution in [0.1, 0.15) is 18.6 Å². The normalized spacial score (nSPS) is 14.9. The Morgan fingerprint density at radius 3 is 2.80 bits per heavy atom. The first-order chi connectivity index (χ1) is 7.15. The third-order valence-electron chi connectivity index (χ3n) is 1.87. The zero-order valence-corrected chi connectivity index (χ0v) is 9.31. The lowest BCUT2D eigenvalue weighted by Crippen LogP contribution is -2.15. The van der Waals surface area contributed by atoms with E-state index in [-0.39, 0.29) is 6.61 Å². The highest BCUT2D eigenvalue weighted by Crippen LogP contribution is 2.25. The van der Waals surface area contributed by atoms with Gasteiger partial charge in [-0.1, -0.05) is 6.07 Å². The number of thioether (sulfide) groups is 1. The van der Waals surface area contributed by atoms with E-state index in [0.29, 0.717) is 10.8 Å². The molecule has 3 N–H and O–H groups in total. The molecule has 84 valence electrons. The monoisotopic (exact) mass is 229 g/mol. The number of aliphatic hydroxyl groups is 3. The van der Waals surface area contributed by atoms with E-state index in [9.17, 15) is 10.2 Å². The molecular weight excluding hydrogens is 214 g/mol. The van der Waals surface area contributed by atoms with Crippen molar-refractivity contribution in [3.63, 3.8) is 0 Å². The van der Waals surface area contributed by atoms with Crippen molar-refractivity contribution in [3.8, 4) is 0 Å². The predicted molar refractivity (Wildman–Crippen MR) is 58.7 cm³/mol. The van der Waals surface area contributed by atoms with Gasteiger partial charge in [0.05, 0.1) is 18.8 Å². The topological polar surface area (TPSA) is 73.6 Å². The summed E-state index contributed by atoms with van der Waals surface area (Å²) < 4.78 is 0. The maximum absolute atomic E-state index is 9.46. The van der Waals surface area contributed by atoms with Gasteiger partial charge in [-0.2, -0.15) is 0 Å². The number of nitrogens with zero attached hydrogens (tertiary/aromatic N) is 1. The Labute approximate surface area is 93.0 Å². The average Bonchev–Trinajstić information content (AvgIpc) is 2.26. The standard InChI is InChI=1S/C10H15NO3S/c1-7(13)9-3-2-4-11-10(9)15-6-8(14)5-12/h2-4,7-8,12-14H,5-6H2,1H3/t7-,8?/m1/s1. The molecule has 2 atom stereocenters. The molecule has 0 aliphatic rings. The van der Waals surface area contributed by atoms with Crippen molar-refractivity contribution in [2.24, 2.45) is 0 Å². The molecule has 1 unspecified atom stereocenters. The van der Waals surface area contributed by atoms with Gasteiger partial charge < -0.3 is 15.3 Å². The van der Waals surface area contributed by atoms with Gasteiger partial charge >= 0.3 is 0 Å². The number of aliphatic hydroxyl groups excluding tert-OH is 3. The molecule has 0 saturated carbocycles. The van der Waals surface area contributed by atoms with Crippen molar-refractivity contribution in [1.82, 2.24) is 4.98 Å². The zero-order valence-electron chi connectivity index (χ0n) is 8.50. The van der Waals surface area contributed by atoms with Crippen molar-refractivity contribution in [2.45, 2.75) is 24.2 Å². The van der Waals surface area contributed by atoms with Gasteiger partial charge in [-0.05, 0) is 13.0 Å². The summed E-state index contributed by atoms with van der Waals surface area (Å²) in [6, 6.07) is 3.56. The Kier molecular flexibility index (Phi) is 5.04. The molecule has 1 rings (SSSR count). The van der Waals surface area contributed by atoms with Crippen LogP contribution in [0, 0.1) is 0 Å². The molecule has 1 aromatic heterocycles. The molecule has 0 saturated heterocycles. The number of aromatic nitrogens is 1. The highest BCUT2D eigenvalue weighted by Gasteiger charge is 2.10. The minimum absolute atomic E-state index is 0.260. The number of pyridine rings is 1. The number of hydrogen-bond donors (Lipinski definition) is 3. The lowest BCUT2D eigenvalue weighted by Gasteiger charge is -2.11. The summed E-state index contributed by atoms with van der Waals surface area (Å²) in [4.78, 5) is 4.12. The molecule has 1 aromatic rings. The van der Waals surface area contributed by atoms with Crippen LogP contribution in [0.5, 0.6) is 0 Å². The Balaban J connectivity index is 2.67. The Morgan fingerprint density at radius 1 is 1.47 bits per heavy atom. The maximum Gasteiger partial charge on any atom is 0.102 e. The minimum Gasteiger partial charge on any atom is -0.394 e. The second-order valence-corrected chi connectivity index (χ2v) is 4.23. The fraction of sp³-hybridized carbons (Fsp3) is 0.500. The second kappa shape index (κ2) is 6.07. The molecule has 0 aliphatic heterocycles. The van der Waals surface area contributed by atoms with Crippen LogP contribution >= 0.6 is 11.8 Å². The molecule has 0 amide bonds. The van der Waals surface area contributed by atoms with E-state index in [1.165, 1.54) is 11.8 Å². The first-order valence-corrected chi connectivity index (χ1v) is 5.68. The van der Waals surface area contributed by atoms with E-state index in [1.54, 1.807) is 25.3 Å². The van der Waals surface area contributed by atoms with Gasteiger partial charge in [0, 0.05) is 17.5 Å². The molecule has 0 fully saturated rings. The van der Waals surface area contributed by atoms with Crippen molar-refractivity contribution in [3.05, 3.63) is 23.9 Å². The van der Waals surface area contributed by atoms with Crippen LogP contribution in [-0.4, -0.2) is 38.8 Å². The quantitative estimate of drug-likeness (QED) is 0.644. The van der Waals surface area contributed by atoms with Gasteiger partial charge in [-0.25, -0.2) is 4.98 Å². The summed E-state index contributed by atoms with van der Waals surface area (Å²) in [6.07, 6.45) is 0.311. The minimum atomic E-state index is -0.751. The summed E-state index contributed by atoms with van der Waals surface area (Å²) in [5.41, 5.74) is 0.743. The van der Waals surface area contributed by atoms with E-state index in [2.05, 4.69) is 4.98 Å². The van der Waals surface area contributed by atoms with Gasteiger partial charge in [0.2, 0.25) is 0 Å². The first kappa shape index (κ1) is 12.4. The SMILES string of the molecule is C[C@@H](O)c1cccnc1SCC(O)CO. The van der Waals surface area contributed by atoms with Crippen molar-refractivity contribution in [2.75, 3.05) is 12.4 Å². The lowest BCUT2D eigenvalue weighted by molar-refractivity contribution is 0.113. The van der Waals surface area contributed by atoms with Crippen LogP contribution in [0.3, 0.4) is 0 Å². The molecule has 1 heterocycles. The fourth-order valence-corrected chi connectivity index (χ4v) is 2.07. The fourth-order valence-electron chi connectivity index (χ4n) is 1.07. The third kappa shape index (κ3) is 3.79. The van der Waals surface area contributed by atoms with Crippen LogP contribution in [-0.2, 0) is 0 Å². The third-order valence-corrected chi connectivity index (χ3v) is 3.04. The van der Waals surface area contributed by atoms with E-state index in [4.69, 9.17) is 5.11 Å². The van der Waals surface area contributed by atoms with Crippen LogP contribution < -0.4 is 0 Å². The van der Waals surface area contributed by atoms with E-state index in [1.807, 2.05) is 0 Å². The molecule has 0 bridgehead atoms. The highest BCUT2D eigenvalue weighted by atomic mass is 32.2. The maximum atomic E-state index is 9.46. The van der Waals surface area contributed by atoms with Crippen LogP contribution in [0.15, 0.2) is 23.4 Å². The van der Waals surface area contributed by atoms with E-state index >= 15 is 0 Å². The molecule has 0 aromatic carbocycles. The summed E-state index contributed by atoms with van der Waals surface area (Å²) >= 11 is 1.33. The van der Waals surface area contributed by atoms with Gasteiger partial charge in [-0.3, -0.25) is 0 Å².